The summed E-state index contributed by atoms with van der Waals surface area (Å²) >= 11 is 6.30. The van der Waals surface area contributed by atoms with Crippen molar-refractivity contribution < 1.29 is 4.79 Å². The maximum Gasteiger partial charge on any atom is 0.226 e. The molecule has 1 aromatic carbocycles. The number of nitrogens with one attached hydrogen (secondary N) is 2. The number of amides is 1. The Bertz CT molecular complexity index is 733. The van der Waals surface area contributed by atoms with Gasteiger partial charge in [-0.15, -0.1) is 11.6 Å². The minimum Gasteiger partial charge on any atom is -0.353 e. The van der Waals surface area contributed by atoms with E-state index in [-0.39, 0.29) is 16.2 Å². The summed E-state index contributed by atoms with van der Waals surface area (Å²) in [5, 5.41) is 6.90. The van der Waals surface area contributed by atoms with Crippen molar-refractivity contribution in [3.63, 3.8) is 0 Å². The molecular weight excluding hydrogens is 368 g/mol. The Labute approximate surface area is 174 Å². The van der Waals surface area contributed by atoms with Crippen molar-refractivity contribution in [2.45, 2.75) is 69.2 Å². The zero-order chi connectivity index (χ0) is 19.2. The summed E-state index contributed by atoms with van der Waals surface area (Å²) in [5.74, 6) is 1.73. The lowest BCUT2D eigenvalue weighted by molar-refractivity contribution is -0.163. The number of benzene rings is 1. The van der Waals surface area contributed by atoms with E-state index in [1.54, 1.807) is 0 Å². The molecule has 5 aliphatic rings. The third kappa shape index (κ3) is 3.10. The van der Waals surface area contributed by atoms with E-state index in [1.165, 1.54) is 24.8 Å². The Morgan fingerprint density at radius 1 is 1.07 bits per heavy atom. The van der Waals surface area contributed by atoms with Gasteiger partial charge in [0.05, 0.1) is 5.41 Å². The number of piperidine rings is 1. The van der Waals surface area contributed by atoms with E-state index < -0.39 is 0 Å². The maximum absolute atomic E-state index is 13.7. The molecule has 4 aliphatic carbocycles. The zero-order valence-corrected chi connectivity index (χ0v) is 17.6. The fraction of sp³-hybridized carbons (Fsp3) is 0.708. The van der Waals surface area contributed by atoms with Crippen molar-refractivity contribution in [1.29, 1.82) is 0 Å². The molecule has 2 N–H and O–H groups in total. The number of hydrogen-bond donors (Lipinski definition) is 2. The van der Waals surface area contributed by atoms with Gasteiger partial charge in [-0.3, -0.25) is 4.79 Å². The Morgan fingerprint density at radius 2 is 1.86 bits per heavy atom. The predicted octanol–water partition coefficient (Wildman–Crippen LogP) is 4.39. The number of rotatable bonds is 5. The number of carbonyl (C=O) groups is 1. The van der Waals surface area contributed by atoms with E-state index in [4.69, 9.17) is 11.6 Å². The highest BCUT2D eigenvalue weighted by atomic mass is 35.5. The molecule has 28 heavy (non-hydrogen) atoms. The number of carbonyl (C=O) groups excluding carboxylic acids is 1. The second-order valence-electron chi connectivity index (χ2n) is 10.4. The maximum atomic E-state index is 13.7. The summed E-state index contributed by atoms with van der Waals surface area (Å²) in [4.78, 5) is 13.7. The van der Waals surface area contributed by atoms with Gasteiger partial charge in [-0.1, -0.05) is 30.3 Å². The summed E-state index contributed by atoms with van der Waals surface area (Å²) in [6.07, 6.45) is 10.1. The van der Waals surface area contributed by atoms with Crippen LogP contribution in [0.4, 0.5) is 0 Å². The van der Waals surface area contributed by atoms with E-state index in [1.807, 2.05) is 0 Å². The van der Waals surface area contributed by atoms with Gasteiger partial charge in [-0.2, -0.15) is 0 Å². The topological polar surface area (TPSA) is 41.1 Å². The minimum absolute atomic E-state index is 0.165. The molecule has 4 heteroatoms. The standard InChI is InChI=1S/C24H33ClN2O/c25-9-8-22-12-18-13-23(15-22,19-4-2-1-3-5-19)17-24(14-18,16-22)21(28)27-20-6-10-26-11-7-20/h1-5,18,20,26H,6-17H2,(H,27,28)/t18?,22-,23-,24?/m1/s1. The Morgan fingerprint density at radius 3 is 2.61 bits per heavy atom. The van der Waals surface area contributed by atoms with Crippen molar-refractivity contribution in [3.8, 4) is 0 Å². The summed E-state index contributed by atoms with van der Waals surface area (Å²) in [7, 11) is 0. The first-order valence-corrected chi connectivity index (χ1v) is 11.7. The van der Waals surface area contributed by atoms with Gasteiger partial charge >= 0.3 is 0 Å². The van der Waals surface area contributed by atoms with Gasteiger partial charge < -0.3 is 10.6 Å². The molecular formula is C24H33ClN2O. The summed E-state index contributed by atoms with van der Waals surface area (Å²) in [6.45, 7) is 2.04. The molecule has 0 aromatic heterocycles. The molecule has 1 amide bonds. The molecule has 2 unspecified atom stereocenters. The molecule has 4 atom stereocenters. The summed E-state index contributed by atoms with van der Waals surface area (Å²) < 4.78 is 0. The average molecular weight is 401 g/mol. The molecule has 6 rings (SSSR count). The first kappa shape index (κ1) is 18.9. The van der Waals surface area contributed by atoms with Gasteiger partial charge in [0.2, 0.25) is 5.91 Å². The van der Waals surface area contributed by atoms with Crippen LogP contribution in [0.5, 0.6) is 0 Å². The van der Waals surface area contributed by atoms with E-state index >= 15 is 0 Å². The van der Waals surface area contributed by atoms with Crippen molar-refractivity contribution >= 4 is 17.5 Å². The second kappa shape index (κ2) is 7.02. The fourth-order valence-electron chi connectivity index (χ4n) is 7.79. The third-order valence-corrected chi connectivity index (χ3v) is 8.54. The molecule has 3 nitrogen and oxygen atoms in total. The molecule has 1 aliphatic heterocycles. The van der Waals surface area contributed by atoms with Crippen LogP contribution in [-0.4, -0.2) is 30.9 Å². The van der Waals surface area contributed by atoms with Gasteiger partial charge in [-0.05, 0) is 93.2 Å². The summed E-state index contributed by atoms with van der Waals surface area (Å²) in [6, 6.07) is 11.4. The van der Waals surface area contributed by atoms with E-state index in [0.717, 1.165) is 51.6 Å². The number of halogens is 1. The molecule has 1 heterocycles. The Hall–Kier alpha value is -1.06. The summed E-state index contributed by atoms with van der Waals surface area (Å²) in [5.41, 5.74) is 1.68. The monoisotopic (exact) mass is 400 g/mol. The molecule has 5 fully saturated rings. The third-order valence-electron chi connectivity index (χ3n) is 8.35. The average Bonchev–Trinajstić information content (AvgIpc) is 2.68. The molecule has 1 saturated heterocycles. The first-order valence-electron chi connectivity index (χ1n) is 11.2. The lowest BCUT2D eigenvalue weighted by Crippen LogP contribution is -2.63. The van der Waals surface area contributed by atoms with Crippen molar-refractivity contribution in [2.75, 3.05) is 19.0 Å². The molecule has 1 aromatic rings. The van der Waals surface area contributed by atoms with Crippen LogP contribution in [0.25, 0.3) is 0 Å². The van der Waals surface area contributed by atoms with Gasteiger partial charge in [0.1, 0.15) is 0 Å². The molecule has 4 bridgehead atoms. The lowest BCUT2D eigenvalue weighted by Gasteiger charge is -2.66. The van der Waals surface area contributed by atoms with Crippen molar-refractivity contribution in [3.05, 3.63) is 35.9 Å². The van der Waals surface area contributed by atoms with Crippen LogP contribution < -0.4 is 10.6 Å². The number of alkyl halides is 1. The second-order valence-corrected chi connectivity index (χ2v) is 10.8. The highest BCUT2D eigenvalue weighted by molar-refractivity contribution is 6.17. The largest absolute Gasteiger partial charge is 0.353 e. The van der Waals surface area contributed by atoms with Gasteiger partial charge in [0.25, 0.3) is 0 Å². The Kier molecular flexibility index (Phi) is 4.75. The van der Waals surface area contributed by atoms with Crippen molar-refractivity contribution in [1.82, 2.24) is 10.6 Å². The lowest BCUT2D eigenvalue weighted by atomic mass is 9.38. The van der Waals surface area contributed by atoms with Crippen LogP contribution in [-0.2, 0) is 10.2 Å². The van der Waals surface area contributed by atoms with E-state index in [2.05, 4.69) is 41.0 Å². The minimum atomic E-state index is -0.188. The quantitative estimate of drug-likeness (QED) is 0.719. The van der Waals surface area contributed by atoms with Gasteiger partial charge in [-0.25, -0.2) is 0 Å². The van der Waals surface area contributed by atoms with E-state index in [9.17, 15) is 4.79 Å². The Balaban J connectivity index is 1.49. The molecule has 152 valence electrons. The van der Waals surface area contributed by atoms with Gasteiger partial charge in [0.15, 0.2) is 0 Å². The van der Waals surface area contributed by atoms with Crippen LogP contribution in [0.2, 0.25) is 0 Å². The molecule has 4 saturated carbocycles. The van der Waals surface area contributed by atoms with Crippen LogP contribution in [0.15, 0.2) is 30.3 Å². The first-order chi connectivity index (χ1) is 13.6. The van der Waals surface area contributed by atoms with Gasteiger partial charge in [0, 0.05) is 11.9 Å². The van der Waals surface area contributed by atoms with Crippen LogP contribution in [0, 0.1) is 16.7 Å². The zero-order valence-electron chi connectivity index (χ0n) is 16.8. The fourth-order valence-corrected chi connectivity index (χ4v) is 8.19. The predicted molar refractivity (Wildman–Crippen MR) is 114 cm³/mol. The normalized spacial score (nSPS) is 39.8. The van der Waals surface area contributed by atoms with Crippen LogP contribution in [0.3, 0.4) is 0 Å². The highest BCUT2D eigenvalue weighted by Gasteiger charge is 2.65. The molecule has 0 radical (unpaired) electrons. The van der Waals surface area contributed by atoms with Crippen LogP contribution >= 0.6 is 11.6 Å². The molecule has 0 spiro atoms. The van der Waals surface area contributed by atoms with Crippen molar-refractivity contribution in [2.24, 2.45) is 16.7 Å². The highest BCUT2D eigenvalue weighted by Crippen LogP contribution is 2.71. The smallest absolute Gasteiger partial charge is 0.226 e. The SMILES string of the molecule is O=C(NC1CCNCC1)C12CC3C[C@@](CCCl)(C1)C[C@](c1ccccc1)(C3)C2. The van der Waals surface area contributed by atoms with E-state index in [0.29, 0.717) is 23.7 Å². The number of hydrogen-bond acceptors (Lipinski definition) is 2. The van der Waals surface area contributed by atoms with Crippen LogP contribution in [0.1, 0.15) is 63.4 Å².